The highest BCUT2D eigenvalue weighted by molar-refractivity contribution is 5.61. The van der Waals surface area contributed by atoms with Crippen LogP contribution < -0.4 is 5.73 Å². The van der Waals surface area contributed by atoms with Crippen molar-refractivity contribution < 1.29 is 0 Å². The fraction of sp³-hybridized carbons (Fsp3) is 0.417. The van der Waals surface area contributed by atoms with E-state index in [1.165, 1.54) is 0 Å². The molecule has 0 atom stereocenters. The fourth-order valence-corrected chi connectivity index (χ4v) is 1.78. The normalized spacial score (nSPS) is 11.1. The molecular weight excluding hydrogens is 214 g/mol. The van der Waals surface area contributed by atoms with Crippen molar-refractivity contribution in [2.24, 2.45) is 7.05 Å². The number of nitrogens with two attached hydrogens (primary N) is 1. The number of nitrogens with zero attached hydrogens (tertiary/aromatic N) is 4. The van der Waals surface area contributed by atoms with Crippen LogP contribution in [0, 0.1) is 6.92 Å². The molecule has 0 aromatic carbocycles. The minimum atomic E-state index is 0.255. The van der Waals surface area contributed by atoms with Crippen LogP contribution in [0.5, 0.6) is 0 Å². The summed E-state index contributed by atoms with van der Waals surface area (Å²) in [7, 11) is 1.90. The van der Waals surface area contributed by atoms with Crippen LogP contribution >= 0.6 is 0 Å². The molecule has 5 nitrogen and oxygen atoms in total. The zero-order valence-electron chi connectivity index (χ0n) is 10.6. The SMILES string of the molecule is Cc1cnn(C)c1-c1cc(N)nc(C(C)C)n1. The van der Waals surface area contributed by atoms with Gasteiger partial charge in [0.25, 0.3) is 0 Å². The second kappa shape index (κ2) is 4.16. The lowest BCUT2D eigenvalue weighted by Gasteiger charge is -2.09. The van der Waals surface area contributed by atoms with Crippen LogP contribution in [0.25, 0.3) is 11.4 Å². The number of anilines is 1. The van der Waals surface area contributed by atoms with Gasteiger partial charge >= 0.3 is 0 Å². The van der Waals surface area contributed by atoms with Crippen molar-refractivity contribution in [1.29, 1.82) is 0 Å². The summed E-state index contributed by atoms with van der Waals surface area (Å²) in [5, 5.41) is 4.21. The first kappa shape index (κ1) is 11.6. The van der Waals surface area contributed by atoms with Crippen LogP contribution in [0.1, 0.15) is 31.2 Å². The number of hydrogen-bond acceptors (Lipinski definition) is 4. The Labute approximate surface area is 101 Å². The predicted molar refractivity (Wildman–Crippen MR) is 67.5 cm³/mol. The molecule has 0 saturated heterocycles. The van der Waals surface area contributed by atoms with Crippen LogP contribution in [0.15, 0.2) is 12.3 Å². The van der Waals surface area contributed by atoms with E-state index in [1.807, 2.05) is 20.2 Å². The van der Waals surface area contributed by atoms with Gasteiger partial charge in [0.05, 0.1) is 17.6 Å². The van der Waals surface area contributed by atoms with Crippen LogP contribution in [0.2, 0.25) is 0 Å². The van der Waals surface area contributed by atoms with E-state index >= 15 is 0 Å². The molecule has 0 aliphatic heterocycles. The minimum Gasteiger partial charge on any atom is -0.384 e. The van der Waals surface area contributed by atoms with Gasteiger partial charge in [-0.05, 0) is 12.5 Å². The first-order chi connectivity index (χ1) is 7.99. The monoisotopic (exact) mass is 231 g/mol. The Balaban J connectivity index is 2.60. The molecule has 0 amide bonds. The van der Waals surface area contributed by atoms with E-state index in [4.69, 9.17) is 5.73 Å². The molecule has 0 aliphatic rings. The minimum absolute atomic E-state index is 0.255. The highest BCUT2D eigenvalue weighted by atomic mass is 15.3. The van der Waals surface area contributed by atoms with Crippen LogP contribution in [-0.4, -0.2) is 19.7 Å². The van der Waals surface area contributed by atoms with Gasteiger partial charge in [-0.1, -0.05) is 13.8 Å². The predicted octanol–water partition coefficient (Wildman–Crippen LogP) is 1.89. The van der Waals surface area contributed by atoms with Crippen molar-refractivity contribution in [3.8, 4) is 11.4 Å². The van der Waals surface area contributed by atoms with Gasteiger partial charge < -0.3 is 5.73 Å². The van der Waals surface area contributed by atoms with Gasteiger partial charge in [-0.3, -0.25) is 4.68 Å². The zero-order valence-corrected chi connectivity index (χ0v) is 10.6. The molecule has 5 heteroatoms. The lowest BCUT2D eigenvalue weighted by molar-refractivity contribution is 0.757. The number of rotatable bonds is 2. The Morgan fingerprint density at radius 3 is 2.53 bits per heavy atom. The fourth-order valence-electron chi connectivity index (χ4n) is 1.78. The van der Waals surface area contributed by atoms with E-state index in [9.17, 15) is 0 Å². The summed E-state index contributed by atoms with van der Waals surface area (Å²) < 4.78 is 1.81. The maximum Gasteiger partial charge on any atom is 0.134 e. The Bertz CT molecular complexity index is 522. The summed E-state index contributed by atoms with van der Waals surface area (Å²) in [6.45, 7) is 6.11. The average molecular weight is 231 g/mol. The molecule has 0 unspecified atom stereocenters. The van der Waals surface area contributed by atoms with Crippen molar-refractivity contribution >= 4 is 5.82 Å². The molecule has 2 N–H and O–H groups in total. The molecule has 2 aromatic rings. The summed E-state index contributed by atoms with van der Waals surface area (Å²) in [6.07, 6.45) is 1.82. The Morgan fingerprint density at radius 2 is 2.00 bits per heavy atom. The van der Waals surface area contributed by atoms with E-state index in [0.717, 1.165) is 22.8 Å². The second-order valence-corrected chi connectivity index (χ2v) is 4.49. The Morgan fingerprint density at radius 1 is 1.29 bits per heavy atom. The van der Waals surface area contributed by atoms with Gasteiger partial charge in [0, 0.05) is 19.0 Å². The van der Waals surface area contributed by atoms with Crippen molar-refractivity contribution in [2.75, 3.05) is 5.73 Å². The summed E-state index contributed by atoms with van der Waals surface area (Å²) in [6, 6.07) is 1.79. The van der Waals surface area contributed by atoms with Gasteiger partial charge in [-0.2, -0.15) is 5.10 Å². The third-order valence-corrected chi connectivity index (χ3v) is 2.64. The molecule has 0 bridgehead atoms. The maximum absolute atomic E-state index is 5.82. The average Bonchev–Trinajstić information content (AvgIpc) is 2.57. The van der Waals surface area contributed by atoms with Crippen molar-refractivity contribution in [1.82, 2.24) is 19.7 Å². The summed E-state index contributed by atoms with van der Waals surface area (Å²) in [5.74, 6) is 1.52. The molecule has 17 heavy (non-hydrogen) atoms. The largest absolute Gasteiger partial charge is 0.384 e. The molecule has 2 rings (SSSR count). The van der Waals surface area contributed by atoms with Gasteiger partial charge in [-0.25, -0.2) is 9.97 Å². The van der Waals surface area contributed by atoms with Gasteiger partial charge in [0.1, 0.15) is 11.6 Å². The molecule has 2 aromatic heterocycles. The first-order valence-electron chi connectivity index (χ1n) is 5.62. The van der Waals surface area contributed by atoms with E-state index in [1.54, 1.807) is 10.7 Å². The van der Waals surface area contributed by atoms with Crippen LogP contribution in [0.3, 0.4) is 0 Å². The lowest BCUT2D eigenvalue weighted by atomic mass is 10.1. The summed E-state index contributed by atoms with van der Waals surface area (Å²) in [4.78, 5) is 8.78. The lowest BCUT2D eigenvalue weighted by Crippen LogP contribution is -2.05. The van der Waals surface area contributed by atoms with Crippen molar-refractivity contribution in [3.05, 3.63) is 23.7 Å². The quantitative estimate of drug-likeness (QED) is 0.856. The third kappa shape index (κ3) is 2.13. The molecule has 0 saturated carbocycles. The Kier molecular flexibility index (Phi) is 2.83. The topological polar surface area (TPSA) is 69.6 Å². The van der Waals surface area contributed by atoms with E-state index in [0.29, 0.717) is 5.82 Å². The molecule has 0 fully saturated rings. The van der Waals surface area contributed by atoms with Gasteiger partial charge in [-0.15, -0.1) is 0 Å². The number of hydrogen-bond donors (Lipinski definition) is 1. The van der Waals surface area contributed by atoms with E-state index < -0.39 is 0 Å². The van der Waals surface area contributed by atoms with Gasteiger partial charge in [0.15, 0.2) is 0 Å². The summed E-state index contributed by atoms with van der Waals surface area (Å²) in [5.41, 5.74) is 8.73. The number of aryl methyl sites for hydroxylation is 2. The summed E-state index contributed by atoms with van der Waals surface area (Å²) >= 11 is 0. The van der Waals surface area contributed by atoms with E-state index in [-0.39, 0.29) is 5.92 Å². The molecular formula is C12H17N5. The van der Waals surface area contributed by atoms with Crippen LogP contribution in [-0.2, 0) is 7.05 Å². The standard InChI is InChI=1S/C12H17N5/c1-7(2)12-15-9(5-10(13)16-12)11-8(3)6-14-17(11)4/h5-7H,1-4H3,(H2,13,15,16). The second-order valence-electron chi connectivity index (χ2n) is 4.49. The molecule has 0 radical (unpaired) electrons. The third-order valence-electron chi connectivity index (χ3n) is 2.64. The zero-order chi connectivity index (χ0) is 12.6. The van der Waals surface area contributed by atoms with Crippen molar-refractivity contribution in [3.63, 3.8) is 0 Å². The number of aromatic nitrogens is 4. The Hall–Kier alpha value is -1.91. The smallest absolute Gasteiger partial charge is 0.134 e. The highest BCUT2D eigenvalue weighted by Crippen LogP contribution is 2.23. The first-order valence-corrected chi connectivity index (χ1v) is 5.62. The van der Waals surface area contributed by atoms with Crippen molar-refractivity contribution in [2.45, 2.75) is 26.7 Å². The van der Waals surface area contributed by atoms with Crippen LogP contribution in [0.4, 0.5) is 5.82 Å². The van der Waals surface area contributed by atoms with E-state index in [2.05, 4.69) is 28.9 Å². The molecule has 90 valence electrons. The molecule has 0 spiro atoms. The maximum atomic E-state index is 5.82. The highest BCUT2D eigenvalue weighted by Gasteiger charge is 2.13. The van der Waals surface area contributed by atoms with Gasteiger partial charge in [0.2, 0.25) is 0 Å². The molecule has 0 aliphatic carbocycles. The number of nitrogen functional groups attached to an aromatic ring is 1. The molecule has 2 heterocycles.